The lowest BCUT2D eigenvalue weighted by Crippen LogP contribution is -2.52. The minimum Gasteiger partial charge on any atom is -0.396 e. The Morgan fingerprint density at radius 2 is 2.25 bits per heavy atom. The topological polar surface area (TPSA) is 52.6 Å². The number of hydrogen-bond acceptors (Lipinski definition) is 3. The molecular weight excluding hydrogens is 204 g/mol. The molecule has 2 unspecified atom stereocenters. The molecule has 4 nitrogen and oxygen atoms in total. The van der Waals surface area contributed by atoms with Gasteiger partial charge in [0.1, 0.15) is 0 Å². The average Bonchev–Trinajstić information content (AvgIpc) is 3.07. The largest absolute Gasteiger partial charge is 0.396 e. The first-order valence-electron chi connectivity index (χ1n) is 6.36. The van der Waals surface area contributed by atoms with Crippen molar-refractivity contribution in [3.05, 3.63) is 0 Å². The molecule has 2 fully saturated rings. The Labute approximate surface area is 97.0 Å². The van der Waals surface area contributed by atoms with E-state index in [0.29, 0.717) is 12.6 Å². The number of piperidine rings is 1. The van der Waals surface area contributed by atoms with E-state index in [1.165, 1.54) is 12.8 Å². The minimum atomic E-state index is 0.0344. The molecule has 16 heavy (non-hydrogen) atoms. The molecule has 1 aliphatic heterocycles. The number of hydrogen-bond donors (Lipinski definition) is 2. The van der Waals surface area contributed by atoms with Crippen molar-refractivity contribution in [2.45, 2.75) is 44.7 Å². The molecular formula is C12H22N2O2. The molecule has 2 aliphatic rings. The van der Waals surface area contributed by atoms with Gasteiger partial charge in [0.2, 0.25) is 5.91 Å². The molecule has 2 rings (SSSR count). The number of carbonyl (C=O) groups is 1. The molecule has 1 aliphatic carbocycles. The average molecular weight is 226 g/mol. The van der Waals surface area contributed by atoms with E-state index in [4.69, 9.17) is 5.11 Å². The van der Waals surface area contributed by atoms with Gasteiger partial charge in [0, 0.05) is 25.7 Å². The number of aliphatic hydroxyl groups is 1. The van der Waals surface area contributed by atoms with Crippen molar-refractivity contribution in [2.75, 3.05) is 19.7 Å². The van der Waals surface area contributed by atoms with Crippen LogP contribution in [0, 0.1) is 5.92 Å². The van der Waals surface area contributed by atoms with E-state index >= 15 is 0 Å². The van der Waals surface area contributed by atoms with Crippen LogP contribution < -0.4 is 5.32 Å². The van der Waals surface area contributed by atoms with Crippen molar-refractivity contribution in [1.82, 2.24) is 10.2 Å². The minimum absolute atomic E-state index is 0.0344. The molecule has 2 atom stereocenters. The highest BCUT2D eigenvalue weighted by Crippen LogP contribution is 2.22. The van der Waals surface area contributed by atoms with Crippen molar-refractivity contribution >= 4 is 5.91 Å². The lowest BCUT2D eigenvalue weighted by Gasteiger charge is -2.34. The SMILES string of the molecule is CC(CO)CN1CCCC(NC2CC2)C1=O. The fraction of sp³-hybridized carbons (Fsp3) is 0.917. The normalized spacial score (nSPS) is 28.2. The molecule has 1 amide bonds. The van der Waals surface area contributed by atoms with Crippen LogP contribution in [-0.4, -0.2) is 47.7 Å². The predicted molar refractivity (Wildman–Crippen MR) is 62.0 cm³/mol. The smallest absolute Gasteiger partial charge is 0.239 e. The first-order chi connectivity index (χ1) is 7.70. The second kappa shape index (κ2) is 5.15. The van der Waals surface area contributed by atoms with E-state index in [1.807, 2.05) is 11.8 Å². The van der Waals surface area contributed by atoms with E-state index in [1.54, 1.807) is 0 Å². The van der Waals surface area contributed by atoms with Crippen molar-refractivity contribution in [3.63, 3.8) is 0 Å². The van der Waals surface area contributed by atoms with Gasteiger partial charge < -0.3 is 15.3 Å². The van der Waals surface area contributed by atoms with Gasteiger partial charge >= 0.3 is 0 Å². The number of nitrogens with zero attached hydrogens (tertiary/aromatic N) is 1. The first-order valence-corrected chi connectivity index (χ1v) is 6.36. The molecule has 0 spiro atoms. The molecule has 92 valence electrons. The van der Waals surface area contributed by atoms with Gasteiger partial charge in [-0.2, -0.15) is 0 Å². The van der Waals surface area contributed by atoms with Crippen LogP contribution in [0.15, 0.2) is 0 Å². The lowest BCUT2D eigenvalue weighted by molar-refractivity contribution is -0.136. The standard InChI is InChI=1S/C12H22N2O2/c1-9(8-15)7-14-6-2-3-11(12(14)16)13-10-4-5-10/h9-11,13,15H,2-8H2,1H3. The van der Waals surface area contributed by atoms with Gasteiger partial charge in [-0.05, 0) is 31.6 Å². The molecule has 0 bridgehead atoms. The second-order valence-corrected chi connectivity index (χ2v) is 5.21. The van der Waals surface area contributed by atoms with Gasteiger partial charge in [-0.3, -0.25) is 4.79 Å². The van der Waals surface area contributed by atoms with Crippen LogP contribution in [0.4, 0.5) is 0 Å². The van der Waals surface area contributed by atoms with Crippen LogP contribution in [0.5, 0.6) is 0 Å². The molecule has 4 heteroatoms. The zero-order valence-corrected chi connectivity index (χ0v) is 9.98. The third-order valence-corrected chi connectivity index (χ3v) is 3.39. The molecule has 0 aromatic heterocycles. The van der Waals surface area contributed by atoms with Crippen LogP contribution in [0.25, 0.3) is 0 Å². The molecule has 0 aromatic rings. The maximum atomic E-state index is 12.1. The second-order valence-electron chi connectivity index (χ2n) is 5.21. The summed E-state index contributed by atoms with van der Waals surface area (Å²) in [6.45, 7) is 3.68. The van der Waals surface area contributed by atoms with Gasteiger partial charge in [-0.15, -0.1) is 0 Å². The van der Waals surface area contributed by atoms with Crippen molar-refractivity contribution in [1.29, 1.82) is 0 Å². The zero-order chi connectivity index (χ0) is 11.5. The zero-order valence-electron chi connectivity index (χ0n) is 9.98. The first kappa shape index (κ1) is 11.9. The van der Waals surface area contributed by atoms with Crippen molar-refractivity contribution in [3.8, 4) is 0 Å². The summed E-state index contributed by atoms with van der Waals surface area (Å²) >= 11 is 0. The third kappa shape index (κ3) is 2.95. The van der Waals surface area contributed by atoms with Gasteiger partial charge in [0.05, 0.1) is 6.04 Å². The molecule has 2 N–H and O–H groups in total. The third-order valence-electron chi connectivity index (χ3n) is 3.39. The number of likely N-dealkylation sites (tertiary alicyclic amines) is 1. The predicted octanol–water partition coefficient (Wildman–Crippen LogP) is 0.358. The monoisotopic (exact) mass is 226 g/mol. The van der Waals surface area contributed by atoms with Crippen LogP contribution in [-0.2, 0) is 4.79 Å². The summed E-state index contributed by atoms with van der Waals surface area (Å²) in [6.07, 6.45) is 4.49. The summed E-state index contributed by atoms with van der Waals surface area (Å²) in [7, 11) is 0. The maximum Gasteiger partial charge on any atom is 0.239 e. The molecule has 1 saturated heterocycles. The number of aliphatic hydroxyl groups excluding tert-OH is 1. The van der Waals surface area contributed by atoms with Crippen LogP contribution in [0.1, 0.15) is 32.6 Å². The Bertz CT molecular complexity index is 253. The van der Waals surface area contributed by atoms with Crippen molar-refractivity contribution in [2.24, 2.45) is 5.92 Å². The van der Waals surface area contributed by atoms with Gasteiger partial charge in [-0.25, -0.2) is 0 Å². The number of amides is 1. The quantitative estimate of drug-likeness (QED) is 0.711. The number of carbonyl (C=O) groups excluding carboxylic acids is 1. The molecule has 1 heterocycles. The Morgan fingerprint density at radius 3 is 2.88 bits per heavy atom. The van der Waals surface area contributed by atoms with Gasteiger partial charge in [-0.1, -0.05) is 6.92 Å². The van der Waals surface area contributed by atoms with Crippen molar-refractivity contribution < 1.29 is 9.90 Å². The molecule has 0 radical (unpaired) electrons. The summed E-state index contributed by atoms with van der Waals surface area (Å²) in [4.78, 5) is 14.0. The fourth-order valence-corrected chi connectivity index (χ4v) is 2.24. The molecule has 1 saturated carbocycles. The van der Waals surface area contributed by atoms with Crippen LogP contribution in [0.3, 0.4) is 0 Å². The maximum absolute atomic E-state index is 12.1. The highest BCUT2D eigenvalue weighted by Gasteiger charge is 2.33. The Balaban J connectivity index is 1.85. The highest BCUT2D eigenvalue weighted by molar-refractivity contribution is 5.82. The number of rotatable bonds is 5. The summed E-state index contributed by atoms with van der Waals surface area (Å²) in [5.41, 5.74) is 0. The summed E-state index contributed by atoms with van der Waals surface area (Å²) in [6, 6.07) is 0.622. The Kier molecular flexibility index (Phi) is 3.82. The Morgan fingerprint density at radius 1 is 1.50 bits per heavy atom. The van der Waals surface area contributed by atoms with Crippen LogP contribution in [0.2, 0.25) is 0 Å². The number of nitrogens with one attached hydrogen (secondary N) is 1. The van der Waals surface area contributed by atoms with E-state index in [-0.39, 0.29) is 24.5 Å². The summed E-state index contributed by atoms with van der Waals surface area (Å²) < 4.78 is 0. The Hall–Kier alpha value is -0.610. The van der Waals surface area contributed by atoms with E-state index < -0.39 is 0 Å². The lowest BCUT2D eigenvalue weighted by atomic mass is 10.0. The van der Waals surface area contributed by atoms with E-state index in [0.717, 1.165) is 19.4 Å². The van der Waals surface area contributed by atoms with Crippen LogP contribution >= 0.6 is 0 Å². The van der Waals surface area contributed by atoms with E-state index in [2.05, 4.69) is 5.32 Å². The summed E-state index contributed by atoms with van der Waals surface area (Å²) in [5.74, 6) is 0.419. The fourth-order valence-electron chi connectivity index (χ4n) is 2.24. The van der Waals surface area contributed by atoms with E-state index in [9.17, 15) is 4.79 Å². The highest BCUT2D eigenvalue weighted by atomic mass is 16.3. The molecule has 0 aromatic carbocycles. The van der Waals surface area contributed by atoms with Gasteiger partial charge in [0.15, 0.2) is 0 Å². The summed E-state index contributed by atoms with van der Waals surface area (Å²) in [5, 5.41) is 12.4. The van der Waals surface area contributed by atoms with Gasteiger partial charge in [0.25, 0.3) is 0 Å².